The van der Waals surface area contributed by atoms with Gasteiger partial charge in [0.2, 0.25) is 0 Å². The molecule has 108 valence electrons. The van der Waals surface area contributed by atoms with Crippen molar-refractivity contribution in [3.63, 3.8) is 0 Å². The zero-order chi connectivity index (χ0) is 14.9. The summed E-state index contributed by atoms with van der Waals surface area (Å²) in [5, 5.41) is 0. The molecular formula is C19H20OS. The molecule has 0 fully saturated rings. The van der Waals surface area contributed by atoms with Gasteiger partial charge in [-0.2, -0.15) is 11.8 Å². The first kappa shape index (κ1) is 15.6. The van der Waals surface area contributed by atoms with Crippen LogP contribution in [0.2, 0.25) is 0 Å². The van der Waals surface area contributed by atoms with E-state index in [2.05, 4.69) is 6.92 Å². The molecule has 2 aromatic carbocycles. The molecule has 0 aromatic heterocycles. The van der Waals surface area contributed by atoms with E-state index in [9.17, 15) is 4.79 Å². The monoisotopic (exact) mass is 296 g/mol. The fraction of sp³-hybridized carbons (Fsp3) is 0.211. The fourth-order valence-electron chi connectivity index (χ4n) is 2.12. The highest BCUT2D eigenvalue weighted by molar-refractivity contribution is 7.99. The molecule has 0 N–H and O–H groups in total. The summed E-state index contributed by atoms with van der Waals surface area (Å²) < 4.78 is 0. The Hall–Kier alpha value is -1.80. The minimum absolute atomic E-state index is 0.193. The Balaban J connectivity index is 2.27. The maximum absolute atomic E-state index is 12.2. The number of ketones is 1. The molecule has 0 aliphatic carbocycles. The van der Waals surface area contributed by atoms with Crippen molar-refractivity contribution in [3.8, 4) is 0 Å². The van der Waals surface area contributed by atoms with E-state index >= 15 is 0 Å². The van der Waals surface area contributed by atoms with Gasteiger partial charge in [0.05, 0.1) is 0 Å². The zero-order valence-corrected chi connectivity index (χ0v) is 13.1. The molecule has 0 saturated heterocycles. The molecule has 0 spiro atoms. The first-order valence-electron chi connectivity index (χ1n) is 7.24. The van der Waals surface area contributed by atoms with Gasteiger partial charge in [0.1, 0.15) is 0 Å². The smallest absolute Gasteiger partial charge is 0.157 e. The lowest BCUT2D eigenvalue weighted by atomic mass is 9.96. The van der Waals surface area contributed by atoms with Crippen LogP contribution in [0, 0.1) is 0 Å². The second-order valence-electron chi connectivity index (χ2n) is 4.70. The zero-order valence-electron chi connectivity index (χ0n) is 12.3. The van der Waals surface area contributed by atoms with Gasteiger partial charge in [-0.1, -0.05) is 67.6 Å². The highest BCUT2D eigenvalue weighted by atomic mass is 32.2. The predicted molar refractivity (Wildman–Crippen MR) is 92.6 cm³/mol. The Kier molecular flexibility index (Phi) is 6.29. The van der Waals surface area contributed by atoms with Crippen LogP contribution in [0.15, 0.2) is 66.7 Å². The number of hydrogen-bond donors (Lipinski definition) is 0. The number of rotatable bonds is 7. The second-order valence-corrected chi connectivity index (χ2v) is 6.10. The molecule has 0 unspecified atom stereocenters. The van der Waals surface area contributed by atoms with Crippen molar-refractivity contribution in [2.24, 2.45) is 0 Å². The van der Waals surface area contributed by atoms with Gasteiger partial charge in [-0.15, -0.1) is 0 Å². The van der Waals surface area contributed by atoms with Crippen molar-refractivity contribution in [2.45, 2.75) is 13.3 Å². The molecule has 2 aromatic rings. The van der Waals surface area contributed by atoms with Gasteiger partial charge in [0, 0.05) is 12.2 Å². The van der Waals surface area contributed by atoms with E-state index in [0.29, 0.717) is 6.42 Å². The molecule has 2 heteroatoms. The topological polar surface area (TPSA) is 17.1 Å². The highest BCUT2D eigenvalue weighted by Gasteiger charge is 2.07. The quantitative estimate of drug-likeness (QED) is 0.537. The van der Waals surface area contributed by atoms with Crippen molar-refractivity contribution in [1.29, 1.82) is 0 Å². The Bertz CT molecular complexity index is 546. The van der Waals surface area contributed by atoms with Crippen LogP contribution in [-0.4, -0.2) is 17.3 Å². The summed E-state index contributed by atoms with van der Waals surface area (Å²) in [7, 11) is 0. The third-order valence-corrected chi connectivity index (χ3v) is 4.07. The number of carbonyl (C=O) groups excluding carboxylic acids is 1. The molecule has 0 aliphatic rings. The molecule has 0 amide bonds. The Morgan fingerprint density at radius 2 is 1.48 bits per heavy atom. The lowest BCUT2D eigenvalue weighted by molar-refractivity contribution is -0.114. The Morgan fingerprint density at radius 3 is 1.95 bits per heavy atom. The summed E-state index contributed by atoms with van der Waals surface area (Å²) in [5.41, 5.74) is 3.17. The standard InChI is InChI=1S/C19H20OS/c1-2-21-14-13-18(20)15-19(16-9-5-3-6-10-16)17-11-7-4-8-12-17/h3-12,15H,2,13-14H2,1H3. The molecular weight excluding hydrogens is 276 g/mol. The van der Waals surface area contributed by atoms with Crippen LogP contribution in [0.3, 0.4) is 0 Å². The van der Waals surface area contributed by atoms with Crippen LogP contribution >= 0.6 is 11.8 Å². The van der Waals surface area contributed by atoms with Crippen molar-refractivity contribution >= 4 is 23.1 Å². The first-order chi connectivity index (χ1) is 10.3. The van der Waals surface area contributed by atoms with Crippen molar-refractivity contribution in [2.75, 3.05) is 11.5 Å². The van der Waals surface area contributed by atoms with Gasteiger partial charge in [-0.25, -0.2) is 0 Å². The lowest BCUT2D eigenvalue weighted by Crippen LogP contribution is -1.98. The normalized spacial score (nSPS) is 10.1. The highest BCUT2D eigenvalue weighted by Crippen LogP contribution is 2.23. The molecule has 0 bridgehead atoms. The Morgan fingerprint density at radius 1 is 0.952 bits per heavy atom. The third kappa shape index (κ3) is 4.91. The van der Waals surface area contributed by atoms with Gasteiger partial charge in [-0.05, 0) is 28.5 Å². The van der Waals surface area contributed by atoms with Crippen LogP contribution in [0.25, 0.3) is 5.57 Å². The predicted octanol–water partition coefficient (Wildman–Crippen LogP) is 4.83. The number of allylic oxidation sites excluding steroid dienone is 1. The van der Waals surface area contributed by atoms with Crippen LogP contribution in [0.1, 0.15) is 24.5 Å². The number of hydrogen-bond acceptors (Lipinski definition) is 2. The molecule has 0 heterocycles. The van der Waals surface area contributed by atoms with Crippen LogP contribution in [-0.2, 0) is 4.79 Å². The van der Waals surface area contributed by atoms with E-state index in [-0.39, 0.29) is 5.78 Å². The molecule has 2 rings (SSSR count). The van der Waals surface area contributed by atoms with E-state index in [1.165, 1.54) is 0 Å². The van der Waals surface area contributed by atoms with E-state index < -0.39 is 0 Å². The molecule has 21 heavy (non-hydrogen) atoms. The second kappa shape index (κ2) is 8.48. The van der Waals surface area contributed by atoms with Crippen molar-refractivity contribution in [3.05, 3.63) is 77.9 Å². The molecule has 0 atom stereocenters. The summed E-state index contributed by atoms with van der Waals surface area (Å²) in [5.74, 6) is 2.14. The van der Waals surface area contributed by atoms with Gasteiger partial charge >= 0.3 is 0 Å². The summed E-state index contributed by atoms with van der Waals surface area (Å²) in [6, 6.07) is 20.2. The number of benzene rings is 2. The number of thioether (sulfide) groups is 1. The van der Waals surface area contributed by atoms with E-state index in [4.69, 9.17) is 0 Å². The van der Waals surface area contributed by atoms with Crippen molar-refractivity contribution < 1.29 is 4.79 Å². The maximum atomic E-state index is 12.2. The lowest BCUT2D eigenvalue weighted by Gasteiger charge is -2.08. The van der Waals surface area contributed by atoms with Crippen LogP contribution < -0.4 is 0 Å². The number of carbonyl (C=O) groups is 1. The Labute approximate surface area is 131 Å². The summed E-state index contributed by atoms with van der Waals surface area (Å²) in [6.07, 6.45) is 2.39. The van der Waals surface area contributed by atoms with Crippen LogP contribution in [0.4, 0.5) is 0 Å². The molecule has 0 aliphatic heterocycles. The molecule has 1 nitrogen and oxygen atoms in total. The molecule has 0 radical (unpaired) electrons. The summed E-state index contributed by atoms with van der Waals surface area (Å²) >= 11 is 1.81. The van der Waals surface area contributed by atoms with Gasteiger partial charge in [0.25, 0.3) is 0 Å². The minimum Gasteiger partial charge on any atom is -0.295 e. The van der Waals surface area contributed by atoms with E-state index in [1.54, 1.807) is 17.8 Å². The first-order valence-corrected chi connectivity index (χ1v) is 8.40. The third-order valence-electron chi connectivity index (χ3n) is 3.17. The average Bonchev–Trinajstić information content (AvgIpc) is 2.54. The fourth-order valence-corrected chi connectivity index (χ4v) is 2.75. The summed E-state index contributed by atoms with van der Waals surface area (Å²) in [6.45, 7) is 2.12. The average molecular weight is 296 g/mol. The minimum atomic E-state index is 0.193. The largest absolute Gasteiger partial charge is 0.295 e. The van der Waals surface area contributed by atoms with E-state index in [0.717, 1.165) is 28.2 Å². The van der Waals surface area contributed by atoms with Crippen molar-refractivity contribution in [1.82, 2.24) is 0 Å². The van der Waals surface area contributed by atoms with Crippen LogP contribution in [0.5, 0.6) is 0 Å². The maximum Gasteiger partial charge on any atom is 0.157 e. The van der Waals surface area contributed by atoms with Gasteiger partial charge in [0.15, 0.2) is 5.78 Å². The summed E-state index contributed by atoms with van der Waals surface area (Å²) in [4.78, 5) is 12.2. The molecule has 0 saturated carbocycles. The van der Waals surface area contributed by atoms with Gasteiger partial charge < -0.3 is 0 Å². The van der Waals surface area contributed by atoms with E-state index in [1.807, 2.05) is 60.7 Å². The SMILES string of the molecule is CCSCCC(=O)C=C(c1ccccc1)c1ccccc1. The van der Waals surface area contributed by atoms with Gasteiger partial charge in [-0.3, -0.25) is 4.79 Å².